The van der Waals surface area contributed by atoms with Crippen molar-refractivity contribution in [2.24, 2.45) is 0 Å². The van der Waals surface area contributed by atoms with Crippen molar-refractivity contribution >= 4 is 11.5 Å². The molecule has 21 heavy (non-hydrogen) atoms. The smallest absolute Gasteiger partial charge is 0.149 e. The van der Waals surface area contributed by atoms with Crippen LogP contribution in [0.25, 0.3) is 11.1 Å². The summed E-state index contributed by atoms with van der Waals surface area (Å²) in [7, 11) is 0. The summed E-state index contributed by atoms with van der Waals surface area (Å²) in [6.45, 7) is 8.27. The lowest BCUT2D eigenvalue weighted by atomic mass is 10.1. The molecule has 0 bridgehead atoms. The van der Waals surface area contributed by atoms with E-state index in [1.165, 1.54) is 0 Å². The van der Waals surface area contributed by atoms with Crippen molar-refractivity contribution in [2.75, 3.05) is 37.2 Å². The van der Waals surface area contributed by atoms with Crippen LogP contribution >= 0.6 is 0 Å². The van der Waals surface area contributed by atoms with Crippen molar-refractivity contribution in [2.45, 2.75) is 13.8 Å². The number of anilines is 2. The molecule has 0 fully saturated rings. The first-order valence-electron chi connectivity index (χ1n) is 7.36. The van der Waals surface area contributed by atoms with Gasteiger partial charge in [-0.3, -0.25) is 4.98 Å². The largest absolute Gasteiger partial charge is 0.396 e. The van der Waals surface area contributed by atoms with Gasteiger partial charge < -0.3 is 16.0 Å². The van der Waals surface area contributed by atoms with Gasteiger partial charge in [-0.2, -0.15) is 0 Å². The second-order valence-corrected chi connectivity index (χ2v) is 4.85. The standard InChI is InChI=1S/C16H23N5/c1-3-21(4-2)10-9-19-16-15(17)11-14(12-20-16)13-5-7-18-8-6-13/h5-8,11-12H,3-4,9-10,17H2,1-2H3,(H,19,20). The number of hydrogen-bond donors (Lipinski definition) is 2. The Hall–Kier alpha value is -2.14. The summed E-state index contributed by atoms with van der Waals surface area (Å²) in [5.41, 5.74) is 8.83. The van der Waals surface area contributed by atoms with Gasteiger partial charge in [0.25, 0.3) is 0 Å². The van der Waals surface area contributed by atoms with Crippen molar-refractivity contribution in [3.63, 3.8) is 0 Å². The zero-order valence-electron chi connectivity index (χ0n) is 12.7. The zero-order chi connectivity index (χ0) is 15.1. The van der Waals surface area contributed by atoms with Crippen molar-refractivity contribution in [1.29, 1.82) is 0 Å². The number of nitrogen functional groups attached to an aromatic ring is 1. The van der Waals surface area contributed by atoms with Crippen LogP contribution in [-0.4, -0.2) is 41.0 Å². The summed E-state index contributed by atoms with van der Waals surface area (Å²) in [5, 5.41) is 3.30. The maximum absolute atomic E-state index is 6.09. The zero-order valence-corrected chi connectivity index (χ0v) is 12.7. The predicted molar refractivity (Wildman–Crippen MR) is 88.2 cm³/mol. The Labute approximate surface area is 126 Å². The van der Waals surface area contributed by atoms with Gasteiger partial charge in [0, 0.05) is 37.2 Å². The maximum atomic E-state index is 6.09. The topological polar surface area (TPSA) is 67.1 Å². The highest BCUT2D eigenvalue weighted by Crippen LogP contribution is 2.23. The lowest BCUT2D eigenvalue weighted by Crippen LogP contribution is -2.28. The SMILES string of the molecule is CCN(CC)CCNc1ncc(-c2ccncc2)cc1N. The summed E-state index contributed by atoms with van der Waals surface area (Å²) in [5.74, 6) is 0.750. The fraction of sp³-hybridized carbons (Fsp3) is 0.375. The molecule has 5 nitrogen and oxygen atoms in total. The van der Waals surface area contributed by atoms with E-state index in [1.807, 2.05) is 24.4 Å². The van der Waals surface area contributed by atoms with Crippen LogP contribution in [0.15, 0.2) is 36.8 Å². The third kappa shape index (κ3) is 4.16. The molecule has 2 heterocycles. The molecule has 2 aromatic heterocycles. The molecule has 112 valence electrons. The van der Waals surface area contributed by atoms with Crippen molar-refractivity contribution in [3.05, 3.63) is 36.8 Å². The van der Waals surface area contributed by atoms with Crippen molar-refractivity contribution in [3.8, 4) is 11.1 Å². The summed E-state index contributed by atoms with van der Waals surface area (Å²) in [6.07, 6.45) is 5.37. The molecule has 0 radical (unpaired) electrons. The van der Waals surface area contributed by atoms with E-state index in [4.69, 9.17) is 5.73 Å². The summed E-state index contributed by atoms with van der Waals surface area (Å²) < 4.78 is 0. The molecule has 3 N–H and O–H groups in total. The van der Waals surface area contributed by atoms with E-state index in [0.717, 1.165) is 43.1 Å². The van der Waals surface area contributed by atoms with E-state index in [9.17, 15) is 0 Å². The van der Waals surface area contributed by atoms with Gasteiger partial charge in [0.1, 0.15) is 5.82 Å². The Bertz CT molecular complexity index is 552. The first kappa shape index (κ1) is 15.3. The highest BCUT2D eigenvalue weighted by Gasteiger charge is 2.05. The number of nitrogens with zero attached hydrogens (tertiary/aromatic N) is 3. The van der Waals surface area contributed by atoms with Crippen LogP contribution in [0.3, 0.4) is 0 Å². The lowest BCUT2D eigenvalue weighted by Gasteiger charge is -2.18. The quantitative estimate of drug-likeness (QED) is 0.818. The monoisotopic (exact) mass is 285 g/mol. The number of nitrogens with one attached hydrogen (secondary N) is 1. The Kier molecular flexibility index (Phi) is 5.51. The second kappa shape index (κ2) is 7.59. The molecule has 0 saturated heterocycles. The number of nitrogens with two attached hydrogens (primary N) is 1. The van der Waals surface area contributed by atoms with Crippen molar-refractivity contribution in [1.82, 2.24) is 14.9 Å². The molecule has 0 amide bonds. The van der Waals surface area contributed by atoms with Gasteiger partial charge in [-0.15, -0.1) is 0 Å². The van der Waals surface area contributed by atoms with E-state index in [1.54, 1.807) is 12.4 Å². The third-order valence-electron chi connectivity index (χ3n) is 3.55. The van der Waals surface area contributed by atoms with Crippen LogP contribution in [-0.2, 0) is 0 Å². The van der Waals surface area contributed by atoms with Gasteiger partial charge in [0.05, 0.1) is 5.69 Å². The van der Waals surface area contributed by atoms with Crippen LogP contribution in [0.5, 0.6) is 0 Å². The Morgan fingerprint density at radius 1 is 1.14 bits per heavy atom. The molecule has 0 aliphatic carbocycles. The highest BCUT2D eigenvalue weighted by molar-refractivity contribution is 5.72. The van der Waals surface area contributed by atoms with Crippen molar-refractivity contribution < 1.29 is 0 Å². The van der Waals surface area contributed by atoms with Gasteiger partial charge in [0.2, 0.25) is 0 Å². The Morgan fingerprint density at radius 3 is 2.48 bits per heavy atom. The fourth-order valence-electron chi connectivity index (χ4n) is 2.20. The molecule has 0 unspecified atom stereocenters. The number of aromatic nitrogens is 2. The third-order valence-corrected chi connectivity index (χ3v) is 3.55. The number of hydrogen-bond acceptors (Lipinski definition) is 5. The first-order valence-corrected chi connectivity index (χ1v) is 7.36. The highest BCUT2D eigenvalue weighted by atomic mass is 15.1. The lowest BCUT2D eigenvalue weighted by molar-refractivity contribution is 0.316. The molecule has 0 saturated carbocycles. The minimum atomic E-state index is 0.670. The summed E-state index contributed by atoms with van der Waals surface area (Å²) in [6, 6.07) is 5.84. The molecule has 0 atom stereocenters. The first-order chi connectivity index (χ1) is 10.2. The molecule has 0 spiro atoms. The number of pyridine rings is 2. The van der Waals surface area contributed by atoms with Gasteiger partial charge in [-0.1, -0.05) is 13.8 Å². The summed E-state index contributed by atoms with van der Waals surface area (Å²) >= 11 is 0. The molecule has 2 rings (SSSR count). The average molecular weight is 285 g/mol. The minimum absolute atomic E-state index is 0.670. The molecule has 2 aromatic rings. The van der Waals surface area contributed by atoms with Crippen LogP contribution in [0.2, 0.25) is 0 Å². The van der Waals surface area contributed by atoms with E-state index >= 15 is 0 Å². The number of rotatable bonds is 7. The van der Waals surface area contributed by atoms with Crippen LogP contribution in [0.1, 0.15) is 13.8 Å². The predicted octanol–water partition coefficient (Wildman–Crippen LogP) is 2.48. The minimum Gasteiger partial charge on any atom is -0.396 e. The van der Waals surface area contributed by atoms with E-state index in [0.29, 0.717) is 5.69 Å². The Morgan fingerprint density at radius 2 is 1.86 bits per heavy atom. The molecule has 0 aliphatic rings. The average Bonchev–Trinajstić information content (AvgIpc) is 2.53. The molecule has 5 heteroatoms. The summed E-state index contributed by atoms with van der Waals surface area (Å²) in [4.78, 5) is 10.8. The fourth-order valence-corrected chi connectivity index (χ4v) is 2.20. The molecular weight excluding hydrogens is 262 g/mol. The Balaban J connectivity index is 2.00. The molecule has 0 aliphatic heterocycles. The van der Waals surface area contributed by atoms with E-state index in [-0.39, 0.29) is 0 Å². The maximum Gasteiger partial charge on any atom is 0.149 e. The van der Waals surface area contributed by atoms with Crippen LogP contribution in [0.4, 0.5) is 11.5 Å². The normalized spacial score (nSPS) is 10.8. The van der Waals surface area contributed by atoms with Crippen LogP contribution in [0, 0.1) is 0 Å². The van der Waals surface area contributed by atoms with E-state index < -0.39 is 0 Å². The van der Waals surface area contributed by atoms with E-state index in [2.05, 4.69) is 34.0 Å². The van der Waals surface area contributed by atoms with Gasteiger partial charge in [-0.05, 0) is 36.9 Å². The molecular formula is C16H23N5. The number of likely N-dealkylation sites (N-methyl/N-ethyl adjacent to an activating group) is 1. The van der Waals surface area contributed by atoms with Gasteiger partial charge in [0.15, 0.2) is 0 Å². The van der Waals surface area contributed by atoms with Gasteiger partial charge >= 0.3 is 0 Å². The van der Waals surface area contributed by atoms with Gasteiger partial charge in [-0.25, -0.2) is 4.98 Å². The second-order valence-electron chi connectivity index (χ2n) is 4.85. The molecule has 0 aromatic carbocycles. The van der Waals surface area contributed by atoms with Crippen LogP contribution < -0.4 is 11.1 Å².